The Hall–Kier alpha value is -1.68. The van der Waals surface area contributed by atoms with E-state index in [1.807, 2.05) is 12.1 Å². The molecule has 0 atom stereocenters. The van der Waals surface area contributed by atoms with Crippen LogP contribution in [0.4, 0.5) is 0 Å². The molecule has 0 unspecified atom stereocenters. The molecule has 1 aromatic carbocycles. The molecule has 1 heterocycles. The van der Waals surface area contributed by atoms with Crippen LogP contribution in [-0.4, -0.2) is 35.0 Å². The summed E-state index contributed by atoms with van der Waals surface area (Å²) in [7, 11) is 0. The van der Waals surface area contributed by atoms with Gasteiger partial charge in [0.05, 0.1) is 11.1 Å². The van der Waals surface area contributed by atoms with Crippen molar-refractivity contribution in [3.63, 3.8) is 0 Å². The molecule has 34 heavy (non-hydrogen) atoms. The Morgan fingerprint density at radius 3 is 1.09 bits per heavy atom. The quantitative estimate of drug-likeness (QED) is 0.137. The summed E-state index contributed by atoms with van der Waals surface area (Å²) in [5.41, 5.74) is 1.12. The molecule has 0 saturated heterocycles. The van der Waals surface area contributed by atoms with E-state index in [-0.39, 0.29) is 11.8 Å². The van der Waals surface area contributed by atoms with Crippen LogP contribution < -0.4 is 0 Å². The lowest BCUT2D eigenvalue weighted by atomic mass is 10.0. The number of carbonyl (C=O) groups is 2. The maximum atomic E-state index is 12.3. The molecule has 0 bridgehead atoms. The van der Waals surface area contributed by atoms with Crippen LogP contribution in [0, 0.1) is 0 Å². The second-order valence-corrected chi connectivity index (χ2v) is 10.1. The summed E-state index contributed by atoms with van der Waals surface area (Å²) in [6, 6.07) is 7.15. The van der Waals surface area contributed by atoms with Crippen LogP contribution in [0.3, 0.4) is 0 Å². The number of imide groups is 1. The zero-order valence-corrected chi connectivity index (χ0v) is 21.6. The van der Waals surface area contributed by atoms with Gasteiger partial charge in [-0.2, -0.15) is 0 Å². The fourth-order valence-electron chi connectivity index (χ4n) is 5.01. The number of hydrogen-bond donors (Lipinski definition) is 1. The SMILES string of the molecule is O=C1c2ccccc2C(=O)N1CCCCCCCCCCCCCCCCCCCCCCO. The Kier molecular flexibility index (Phi) is 15.6. The number of fused-ring (bicyclic) bond motifs is 1. The molecule has 4 nitrogen and oxygen atoms in total. The van der Waals surface area contributed by atoms with Gasteiger partial charge in [-0.3, -0.25) is 14.5 Å². The maximum absolute atomic E-state index is 12.3. The number of nitrogens with zero attached hydrogens (tertiary/aromatic N) is 1. The molecule has 1 aliphatic rings. The van der Waals surface area contributed by atoms with Gasteiger partial charge in [-0.15, -0.1) is 0 Å². The molecule has 192 valence electrons. The predicted molar refractivity (Wildman–Crippen MR) is 141 cm³/mol. The fourth-order valence-corrected chi connectivity index (χ4v) is 5.01. The fraction of sp³-hybridized carbons (Fsp3) is 0.733. The van der Waals surface area contributed by atoms with Crippen molar-refractivity contribution >= 4 is 11.8 Å². The molecule has 0 spiro atoms. The summed E-state index contributed by atoms with van der Waals surface area (Å²) in [4.78, 5) is 26.1. The largest absolute Gasteiger partial charge is 0.396 e. The summed E-state index contributed by atoms with van der Waals surface area (Å²) < 4.78 is 0. The normalized spacial score (nSPS) is 13.1. The van der Waals surface area contributed by atoms with E-state index in [0.29, 0.717) is 24.3 Å². The second kappa shape index (κ2) is 18.6. The van der Waals surface area contributed by atoms with Crippen molar-refractivity contribution in [1.29, 1.82) is 0 Å². The third kappa shape index (κ3) is 11.2. The number of amides is 2. The zero-order valence-electron chi connectivity index (χ0n) is 21.6. The van der Waals surface area contributed by atoms with Crippen LogP contribution in [0.5, 0.6) is 0 Å². The highest BCUT2D eigenvalue weighted by Gasteiger charge is 2.34. The lowest BCUT2D eigenvalue weighted by Crippen LogP contribution is -2.30. The first-order valence-corrected chi connectivity index (χ1v) is 14.3. The number of benzene rings is 1. The highest BCUT2D eigenvalue weighted by molar-refractivity contribution is 6.21. The van der Waals surface area contributed by atoms with Gasteiger partial charge in [0.1, 0.15) is 0 Å². The molecular formula is C30H49NO3. The van der Waals surface area contributed by atoms with Crippen molar-refractivity contribution in [3.8, 4) is 0 Å². The van der Waals surface area contributed by atoms with E-state index in [0.717, 1.165) is 19.3 Å². The molecular weight excluding hydrogens is 422 g/mol. The minimum absolute atomic E-state index is 0.123. The Labute approximate surface area is 208 Å². The van der Waals surface area contributed by atoms with Gasteiger partial charge in [0.25, 0.3) is 11.8 Å². The Morgan fingerprint density at radius 1 is 0.471 bits per heavy atom. The van der Waals surface area contributed by atoms with Gasteiger partial charge in [0, 0.05) is 13.2 Å². The Bertz CT molecular complexity index is 652. The molecule has 4 heteroatoms. The van der Waals surface area contributed by atoms with Crippen molar-refractivity contribution in [1.82, 2.24) is 4.90 Å². The molecule has 2 rings (SSSR count). The molecule has 1 aliphatic heterocycles. The molecule has 0 fully saturated rings. The molecule has 2 amide bonds. The van der Waals surface area contributed by atoms with Crippen LogP contribution in [-0.2, 0) is 0 Å². The second-order valence-electron chi connectivity index (χ2n) is 10.1. The number of unbranched alkanes of at least 4 members (excludes halogenated alkanes) is 19. The molecule has 0 saturated carbocycles. The summed E-state index contributed by atoms with van der Waals surface area (Å²) >= 11 is 0. The number of carbonyl (C=O) groups excluding carboxylic acids is 2. The van der Waals surface area contributed by atoms with Crippen LogP contribution in [0.15, 0.2) is 24.3 Å². The van der Waals surface area contributed by atoms with Gasteiger partial charge < -0.3 is 5.11 Å². The molecule has 0 radical (unpaired) electrons. The van der Waals surface area contributed by atoms with Gasteiger partial charge in [0.15, 0.2) is 0 Å². The van der Waals surface area contributed by atoms with Gasteiger partial charge in [0.2, 0.25) is 0 Å². The Balaban J connectivity index is 1.29. The maximum Gasteiger partial charge on any atom is 0.261 e. The minimum Gasteiger partial charge on any atom is -0.396 e. The minimum atomic E-state index is -0.123. The summed E-state index contributed by atoms with van der Waals surface area (Å²) in [5.74, 6) is -0.247. The van der Waals surface area contributed by atoms with Crippen LogP contribution in [0.25, 0.3) is 0 Å². The van der Waals surface area contributed by atoms with E-state index in [1.165, 1.54) is 114 Å². The molecule has 1 N–H and O–H groups in total. The first-order valence-electron chi connectivity index (χ1n) is 14.3. The number of aliphatic hydroxyl groups is 1. The average Bonchev–Trinajstić information content (AvgIpc) is 3.10. The summed E-state index contributed by atoms with van der Waals surface area (Å²) in [6.07, 6.45) is 25.9. The molecule has 0 aliphatic carbocycles. The van der Waals surface area contributed by atoms with Crippen molar-refractivity contribution in [2.75, 3.05) is 13.2 Å². The average molecular weight is 472 g/mol. The number of rotatable bonds is 22. The highest BCUT2D eigenvalue weighted by Crippen LogP contribution is 2.23. The van der Waals surface area contributed by atoms with Crippen LogP contribution in [0.2, 0.25) is 0 Å². The van der Waals surface area contributed by atoms with E-state index < -0.39 is 0 Å². The number of aliphatic hydroxyl groups excluding tert-OH is 1. The van der Waals surface area contributed by atoms with Gasteiger partial charge in [-0.25, -0.2) is 0 Å². The lowest BCUT2D eigenvalue weighted by molar-refractivity contribution is 0.0651. The third-order valence-electron chi connectivity index (χ3n) is 7.17. The smallest absolute Gasteiger partial charge is 0.261 e. The molecule has 0 aromatic heterocycles. The predicted octanol–water partition coefficient (Wildman–Crippen LogP) is 8.08. The van der Waals surface area contributed by atoms with Gasteiger partial charge in [-0.1, -0.05) is 128 Å². The first kappa shape index (κ1) is 28.6. The molecule has 1 aromatic rings. The van der Waals surface area contributed by atoms with Crippen molar-refractivity contribution in [2.45, 2.75) is 128 Å². The van der Waals surface area contributed by atoms with Crippen molar-refractivity contribution in [3.05, 3.63) is 35.4 Å². The van der Waals surface area contributed by atoms with Crippen molar-refractivity contribution in [2.24, 2.45) is 0 Å². The zero-order chi connectivity index (χ0) is 24.3. The van der Waals surface area contributed by atoms with E-state index in [2.05, 4.69) is 0 Å². The van der Waals surface area contributed by atoms with Crippen LogP contribution in [0.1, 0.15) is 149 Å². The van der Waals surface area contributed by atoms with Crippen LogP contribution >= 0.6 is 0 Å². The van der Waals surface area contributed by atoms with E-state index >= 15 is 0 Å². The van der Waals surface area contributed by atoms with Gasteiger partial charge >= 0.3 is 0 Å². The highest BCUT2D eigenvalue weighted by atomic mass is 16.3. The standard InChI is InChI=1S/C30H49NO3/c32-26-22-18-16-14-12-10-8-6-4-2-1-3-5-7-9-11-13-15-17-21-25-31-29(33)27-23-19-20-24-28(27)30(31)34/h19-20,23-24,32H,1-18,21-22,25-26H2. The van der Waals surface area contributed by atoms with E-state index in [1.54, 1.807) is 12.1 Å². The Morgan fingerprint density at radius 2 is 0.765 bits per heavy atom. The summed E-state index contributed by atoms with van der Waals surface area (Å²) in [5, 5.41) is 8.76. The van der Waals surface area contributed by atoms with Crippen molar-refractivity contribution < 1.29 is 14.7 Å². The van der Waals surface area contributed by atoms with Gasteiger partial charge in [-0.05, 0) is 25.0 Å². The number of hydrogen-bond acceptors (Lipinski definition) is 3. The third-order valence-corrected chi connectivity index (χ3v) is 7.17. The lowest BCUT2D eigenvalue weighted by Gasteiger charge is -2.13. The van der Waals surface area contributed by atoms with E-state index in [9.17, 15) is 9.59 Å². The monoisotopic (exact) mass is 471 g/mol. The summed E-state index contributed by atoms with van der Waals surface area (Å²) in [6.45, 7) is 0.906. The topological polar surface area (TPSA) is 57.6 Å². The first-order chi connectivity index (χ1) is 16.8. The van der Waals surface area contributed by atoms with E-state index in [4.69, 9.17) is 5.11 Å².